The standard InChI is InChI=1S/C30H26F2N6O2/c1-36-16-23(29(40)37-11-2-3-26(37)22-15-20(31)7-8-24(22)32)21-13-18(6-9-25(21)36)19-10-12-38-27(14-19)33-30(35-38)34-28(39)17-4-5-17/h6-10,12-17,26H,2-5,11H2,1H3,(H,34,35,39). The molecule has 1 aliphatic heterocycles. The normalized spacial score (nSPS) is 17.2. The lowest BCUT2D eigenvalue weighted by atomic mass is 10.0. The molecule has 202 valence electrons. The van der Waals surface area contributed by atoms with Crippen LogP contribution in [0.25, 0.3) is 27.7 Å². The van der Waals surface area contributed by atoms with Crippen LogP contribution in [-0.2, 0) is 11.8 Å². The summed E-state index contributed by atoms with van der Waals surface area (Å²) < 4.78 is 32.1. The molecule has 1 aliphatic carbocycles. The SMILES string of the molecule is Cn1cc(C(=O)N2CCCC2c2cc(F)ccc2F)c2cc(-c3ccn4nc(NC(=O)C5CC5)nc4c3)ccc21. The molecule has 0 bridgehead atoms. The number of fused-ring (bicyclic) bond motifs is 2. The highest BCUT2D eigenvalue weighted by molar-refractivity contribution is 6.08. The predicted molar refractivity (Wildman–Crippen MR) is 146 cm³/mol. The average Bonchev–Trinajstić information content (AvgIpc) is 3.41. The molecule has 2 aliphatic rings. The van der Waals surface area contributed by atoms with Crippen LogP contribution in [0.15, 0.2) is 60.9 Å². The van der Waals surface area contributed by atoms with Gasteiger partial charge in [0.25, 0.3) is 5.91 Å². The first-order valence-corrected chi connectivity index (χ1v) is 13.4. The summed E-state index contributed by atoms with van der Waals surface area (Å²) in [6.45, 7) is 0.471. The van der Waals surface area contributed by atoms with E-state index in [-0.39, 0.29) is 29.2 Å². The van der Waals surface area contributed by atoms with Crippen LogP contribution in [0.1, 0.15) is 47.6 Å². The first-order valence-electron chi connectivity index (χ1n) is 13.4. The molecule has 1 atom stereocenters. The summed E-state index contributed by atoms with van der Waals surface area (Å²) in [5.41, 5.74) is 3.96. The zero-order chi connectivity index (χ0) is 27.5. The Kier molecular flexibility index (Phi) is 5.65. The van der Waals surface area contributed by atoms with Crippen molar-refractivity contribution in [3.63, 3.8) is 0 Å². The molecule has 0 spiro atoms. The maximum Gasteiger partial charge on any atom is 0.256 e. The van der Waals surface area contributed by atoms with E-state index in [0.29, 0.717) is 30.6 Å². The third kappa shape index (κ3) is 4.20. The van der Waals surface area contributed by atoms with Gasteiger partial charge in [0.2, 0.25) is 11.9 Å². The van der Waals surface area contributed by atoms with Crippen molar-refractivity contribution < 1.29 is 18.4 Å². The van der Waals surface area contributed by atoms with Crippen molar-refractivity contribution in [3.05, 3.63) is 83.7 Å². The molecular weight excluding hydrogens is 514 g/mol. The highest BCUT2D eigenvalue weighted by atomic mass is 19.1. The Morgan fingerprint density at radius 1 is 1.00 bits per heavy atom. The van der Waals surface area contributed by atoms with E-state index in [1.807, 2.05) is 41.9 Å². The third-order valence-corrected chi connectivity index (χ3v) is 7.90. The number of amides is 2. The van der Waals surface area contributed by atoms with Crippen molar-refractivity contribution >= 4 is 34.3 Å². The van der Waals surface area contributed by atoms with Crippen LogP contribution in [0.5, 0.6) is 0 Å². The highest BCUT2D eigenvalue weighted by Gasteiger charge is 2.34. The molecule has 2 aromatic carbocycles. The molecular formula is C30H26F2N6O2. The van der Waals surface area contributed by atoms with Gasteiger partial charge in [-0.15, -0.1) is 5.10 Å². The second-order valence-corrected chi connectivity index (χ2v) is 10.6. The van der Waals surface area contributed by atoms with Crippen molar-refractivity contribution in [3.8, 4) is 11.1 Å². The minimum Gasteiger partial charge on any atom is -0.350 e. The van der Waals surface area contributed by atoms with Gasteiger partial charge in [-0.3, -0.25) is 14.9 Å². The van der Waals surface area contributed by atoms with Gasteiger partial charge >= 0.3 is 0 Å². The molecule has 0 radical (unpaired) electrons. The summed E-state index contributed by atoms with van der Waals surface area (Å²) in [7, 11) is 1.88. The fourth-order valence-electron chi connectivity index (χ4n) is 5.67. The van der Waals surface area contributed by atoms with Gasteiger partial charge in [0.05, 0.1) is 11.6 Å². The first-order chi connectivity index (χ1) is 19.4. The number of nitrogens with one attached hydrogen (secondary N) is 1. The van der Waals surface area contributed by atoms with Gasteiger partial charge in [0, 0.05) is 48.4 Å². The van der Waals surface area contributed by atoms with Gasteiger partial charge < -0.3 is 9.47 Å². The molecule has 2 amide bonds. The number of nitrogens with zero attached hydrogens (tertiary/aromatic N) is 5. The number of likely N-dealkylation sites (tertiary alicyclic amines) is 1. The van der Waals surface area contributed by atoms with E-state index in [1.54, 1.807) is 21.8 Å². The van der Waals surface area contributed by atoms with Crippen LogP contribution in [-0.4, -0.2) is 42.4 Å². The molecule has 1 unspecified atom stereocenters. The smallest absolute Gasteiger partial charge is 0.256 e. The fraction of sp³-hybridized carbons (Fsp3) is 0.267. The molecule has 3 aromatic heterocycles. The Hall–Kier alpha value is -4.60. The second-order valence-electron chi connectivity index (χ2n) is 10.6. The monoisotopic (exact) mass is 540 g/mol. The number of anilines is 1. The lowest BCUT2D eigenvalue weighted by Gasteiger charge is -2.25. The molecule has 10 heteroatoms. The van der Waals surface area contributed by atoms with Crippen LogP contribution in [0.3, 0.4) is 0 Å². The number of carbonyl (C=O) groups excluding carboxylic acids is 2. The topological polar surface area (TPSA) is 84.5 Å². The van der Waals surface area contributed by atoms with E-state index in [0.717, 1.165) is 47.0 Å². The Morgan fingerprint density at radius 2 is 1.82 bits per heavy atom. The maximum absolute atomic E-state index is 14.6. The molecule has 40 heavy (non-hydrogen) atoms. The fourth-order valence-corrected chi connectivity index (χ4v) is 5.67. The average molecular weight is 541 g/mol. The van der Waals surface area contributed by atoms with Gasteiger partial charge in [0.1, 0.15) is 11.6 Å². The number of rotatable bonds is 5. The first kappa shape index (κ1) is 24.4. The van der Waals surface area contributed by atoms with Crippen molar-refractivity contribution in [2.45, 2.75) is 31.7 Å². The molecule has 1 saturated heterocycles. The largest absolute Gasteiger partial charge is 0.350 e. The number of benzene rings is 2. The summed E-state index contributed by atoms with van der Waals surface area (Å²) in [4.78, 5) is 32.1. The zero-order valence-corrected chi connectivity index (χ0v) is 21.8. The van der Waals surface area contributed by atoms with Gasteiger partial charge in [-0.05, 0) is 79.3 Å². The Bertz CT molecular complexity index is 1820. The molecule has 7 rings (SSSR count). The van der Waals surface area contributed by atoms with Crippen molar-refractivity contribution in [1.82, 2.24) is 24.1 Å². The highest BCUT2D eigenvalue weighted by Crippen LogP contribution is 2.37. The number of hydrogen-bond donors (Lipinski definition) is 1. The lowest BCUT2D eigenvalue weighted by molar-refractivity contribution is -0.117. The number of carbonyl (C=O) groups is 2. The quantitative estimate of drug-likeness (QED) is 0.320. The number of halogens is 2. The summed E-state index contributed by atoms with van der Waals surface area (Å²) in [6.07, 6.45) is 6.66. The summed E-state index contributed by atoms with van der Waals surface area (Å²) in [5, 5.41) is 7.90. The summed E-state index contributed by atoms with van der Waals surface area (Å²) in [5.74, 6) is -0.963. The minimum atomic E-state index is -0.522. The van der Waals surface area contributed by atoms with E-state index >= 15 is 0 Å². The van der Waals surface area contributed by atoms with Crippen LogP contribution >= 0.6 is 0 Å². The molecule has 1 N–H and O–H groups in total. The third-order valence-electron chi connectivity index (χ3n) is 7.90. The molecule has 8 nitrogen and oxygen atoms in total. The number of pyridine rings is 1. The number of hydrogen-bond acceptors (Lipinski definition) is 4. The summed E-state index contributed by atoms with van der Waals surface area (Å²) >= 11 is 0. The zero-order valence-electron chi connectivity index (χ0n) is 21.8. The maximum atomic E-state index is 14.6. The Morgan fingerprint density at radius 3 is 2.65 bits per heavy atom. The van der Waals surface area contributed by atoms with Gasteiger partial charge in [-0.25, -0.2) is 13.3 Å². The van der Waals surface area contributed by atoms with Crippen LogP contribution in [0.2, 0.25) is 0 Å². The van der Waals surface area contributed by atoms with Crippen LogP contribution in [0.4, 0.5) is 14.7 Å². The van der Waals surface area contributed by atoms with E-state index in [4.69, 9.17) is 0 Å². The van der Waals surface area contributed by atoms with Gasteiger partial charge in [-0.2, -0.15) is 4.98 Å². The Labute approximate surface area is 228 Å². The van der Waals surface area contributed by atoms with Crippen molar-refractivity contribution in [2.24, 2.45) is 13.0 Å². The second kappa shape index (κ2) is 9.25. The van der Waals surface area contributed by atoms with E-state index < -0.39 is 17.7 Å². The van der Waals surface area contributed by atoms with Crippen molar-refractivity contribution in [2.75, 3.05) is 11.9 Å². The van der Waals surface area contributed by atoms with Crippen LogP contribution < -0.4 is 5.32 Å². The molecule has 4 heterocycles. The molecule has 2 fully saturated rings. The lowest BCUT2D eigenvalue weighted by Crippen LogP contribution is -2.31. The molecule has 1 saturated carbocycles. The van der Waals surface area contributed by atoms with Gasteiger partial charge in [0.15, 0.2) is 5.65 Å². The molecule has 5 aromatic rings. The number of aryl methyl sites for hydroxylation is 1. The van der Waals surface area contributed by atoms with Crippen LogP contribution in [0, 0.1) is 17.6 Å². The number of aromatic nitrogens is 4. The van der Waals surface area contributed by atoms with Gasteiger partial charge in [-0.1, -0.05) is 6.07 Å². The summed E-state index contributed by atoms with van der Waals surface area (Å²) in [6, 6.07) is 12.6. The van der Waals surface area contributed by atoms with E-state index in [2.05, 4.69) is 15.4 Å². The van der Waals surface area contributed by atoms with Crippen molar-refractivity contribution in [1.29, 1.82) is 0 Å². The van der Waals surface area contributed by atoms with E-state index in [1.165, 1.54) is 6.07 Å². The van der Waals surface area contributed by atoms with E-state index in [9.17, 15) is 18.4 Å². The predicted octanol–water partition coefficient (Wildman–Crippen LogP) is 5.49. The Balaban J connectivity index is 1.22. The minimum absolute atomic E-state index is 0.0526.